The average Bonchev–Trinajstić information content (AvgIpc) is 2.92. The summed E-state index contributed by atoms with van der Waals surface area (Å²) in [5.74, 6) is -0.0803. The summed E-state index contributed by atoms with van der Waals surface area (Å²) in [6, 6.07) is 8.44. The maximum Gasteiger partial charge on any atom is 0.513 e. The molecule has 1 aromatic carbocycles. The first kappa shape index (κ1) is 33.9. The van der Waals surface area contributed by atoms with E-state index in [2.05, 4.69) is 12.2 Å². The Hall–Kier alpha value is -2.29. The SMILES string of the molecule is CCCCCCCCCCCCCCCCCCNC(=O)OCC1(COC(=O)Oc2ccccc2)CS(=O)(=O)C1. The van der Waals surface area contributed by atoms with Gasteiger partial charge in [-0.15, -0.1) is 0 Å². The van der Waals surface area contributed by atoms with Crippen LogP contribution in [-0.4, -0.2) is 51.9 Å². The van der Waals surface area contributed by atoms with E-state index in [4.69, 9.17) is 14.2 Å². The molecule has 0 aromatic heterocycles. The maximum atomic E-state index is 12.1. The fourth-order valence-corrected chi connectivity index (χ4v) is 7.17. The standard InChI is InChI=1S/C31H51NO7S/c1-2-3-4-5-6-7-8-9-10-11-12-13-14-15-16-20-23-32-29(33)37-24-31(26-40(35,36)27-31)25-38-30(34)39-28-21-18-17-19-22-28/h17-19,21-22H,2-16,20,23-27H2,1H3,(H,32,33). The van der Waals surface area contributed by atoms with Gasteiger partial charge in [0.2, 0.25) is 0 Å². The molecule has 1 aliphatic rings. The van der Waals surface area contributed by atoms with E-state index in [9.17, 15) is 18.0 Å². The molecule has 228 valence electrons. The fourth-order valence-electron chi connectivity index (χ4n) is 5.06. The monoisotopic (exact) mass is 581 g/mol. The Balaban J connectivity index is 1.45. The molecule has 0 unspecified atom stereocenters. The van der Waals surface area contributed by atoms with Gasteiger partial charge < -0.3 is 19.5 Å². The van der Waals surface area contributed by atoms with Crippen molar-refractivity contribution in [1.29, 1.82) is 0 Å². The number of nitrogens with one attached hydrogen (secondary N) is 1. The molecule has 0 saturated carbocycles. The number of alkyl carbamates (subject to hydrolysis) is 1. The first-order valence-electron chi connectivity index (χ1n) is 15.3. The lowest BCUT2D eigenvalue weighted by atomic mass is 9.94. The van der Waals surface area contributed by atoms with E-state index < -0.39 is 27.5 Å². The van der Waals surface area contributed by atoms with Crippen molar-refractivity contribution >= 4 is 22.1 Å². The minimum atomic E-state index is -3.23. The van der Waals surface area contributed by atoms with Crippen molar-refractivity contribution in [3.63, 3.8) is 0 Å². The molecule has 0 radical (unpaired) electrons. The van der Waals surface area contributed by atoms with Crippen molar-refractivity contribution in [2.45, 2.75) is 110 Å². The average molecular weight is 582 g/mol. The Morgan fingerprint density at radius 1 is 0.725 bits per heavy atom. The molecule has 0 atom stereocenters. The van der Waals surface area contributed by atoms with Crippen molar-refractivity contribution < 1.29 is 32.2 Å². The molecule has 1 amide bonds. The van der Waals surface area contributed by atoms with Gasteiger partial charge in [0, 0.05) is 6.54 Å². The summed E-state index contributed by atoms with van der Waals surface area (Å²) in [6.45, 7) is 2.43. The maximum absolute atomic E-state index is 12.1. The number of benzene rings is 1. The van der Waals surface area contributed by atoms with Crippen molar-refractivity contribution in [3.05, 3.63) is 30.3 Å². The van der Waals surface area contributed by atoms with Crippen LogP contribution < -0.4 is 10.1 Å². The van der Waals surface area contributed by atoms with Gasteiger partial charge in [-0.3, -0.25) is 0 Å². The number of sulfone groups is 1. The predicted molar refractivity (Wildman–Crippen MR) is 158 cm³/mol. The third kappa shape index (κ3) is 15.5. The molecule has 2 rings (SSSR count). The highest BCUT2D eigenvalue weighted by molar-refractivity contribution is 7.92. The largest absolute Gasteiger partial charge is 0.513 e. The van der Waals surface area contributed by atoms with Crippen LogP contribution in [0.25, 0.3) is 0 Å². The zero-order chi connectivity index (χ0) is 28.9. The van der Waals surface area contributed by atoms with E-state index in [1.165, 1.54) is 83.5 Å². The third-order valence-corrected chi connectivity index (χ3v) is 9.41. The lowest BCUT2D eigenvalue weighted by molar-refractivity contribution is 0.0261. The van der Waals surface area contributed by atoms with E-state index in [-0.39, 0.29) is 24.7 Å². The van der Waals surface area contributed by atoms with Crippen LogP contribution in [0.5, 0.6) is 5.75 Å². The van der Waals surface area contributed by atoms with Crippen LogP contribution in [0.1, 0.15) is 110 Å². The molecule has 1 heterocycles. The number of carbonyl (C=O) groups excluding carboxylic acids is 2. The van der Waals surface area contributed by atoms with E-state index in [1.807, 2.05) is 0 Å². The molecule has 0 aliphatic carbocycles. The highest BCUT2D eigenvalue weighted by atomic mass is 32.2. The number of para-hydroxylation sites is 1. The van der Waals surface area contributed by atoms with Gasteiger partial charge in [-0.2, -0.15) is 0 Å². The minimum absolute atomic E-state index is 0.143. The Kier molecular flexibility index (Phi) is 16.7. The minimum Gasteiger partial charge on any atom is -0.449 e. The molecule has 1 fully saturated rings. The van der Waals surface area contributed by atoms with Crippen LogP contribution in [0.3, 0.4) is 0 Å². The van der Waals surface area contributed by atoms with Crippen molar-refractivity contribution in [1.82, 2.24) is 5.32 Å². The molecule has 1 saturated heterocycles. The smallest absolute Gasteiger partial charge is 0.449 e. The molecule has 1 N–H and O–H groups in total. The van der Waals surface area contributed by atoms with Crippen molar-refractivity contribution in [2.24, 2.45) is 5.41 Å². The molecule has 1 aliphatic heterocycles. The predicted octanol–water partition coefficient (Wildman–Crippen LogP) is 7.60. The molecule has 1 aromatic rings. The first-order chi connectivity index (χ1) is 19.3. The highest BCUT2D eigenvalue weighted by Crippen LogP contribution is 2.34. The Bertz CT molecular complexity index is 924. The number of hydrogen-bond acceptors (Lipinski definition) is 7. The van der Waals surface area contributed by atoms with E-state index in [1.54, 1.807) is 30.3 Å². The second-order valence-electron chi connectivity index (χ2n) is 11.3. The summed E-state index contributed by atoms with van der Waals surface area (Å²) in [7, 11) is -3.23. The summed E-state index contributed by atoms with van der Waals surface area (Å²) in [5.41, 5.74) is -0.944. The number of carbonyl (C=O) groups is 2. The van der Waals surface area contributed by atoms with Gasteiger partial charge in [0.05, 0.1) is 16.9 Å². The zero-order valence-electron chi connectivity index (χ0n) is 24.5. The van der Waals surface area contributed by atoms with Crippen molar-refractivity contribution in [2.75, 3.05) is 31.3 Å². The van der Waals surface area contributed by atoms with Gasteiger partial charge in [-0.1, -0.05) is 121 Å². The normalized spacial score (nSPS) is 15.1. The van der Waals surface area contributed by atoms with Crippen LogP contribution >= 0.6 is 0 Å². The molecule has 0 spiro atoms. The second kappa shape index (κ2) is 19.7. The van der Waals surface area contributed by atoms with Crippen LogP contribution in [0, 0.1) is 5.41 Å². The van der Waals surface area contributed by atoms with Gasteiger partial charge in [0.1, 0.15) is 19.0 Å². The topological polar surface area (TPSA) is 108 Å². The number of unbranched alkanes of at least 4 members (excludes halogenated alkanes) is 15. The summed E-state index contributed by atoms with van der Waals surface area (Å²) >= 11 is 0. The zero-order valence-corrected chi connectivity index (χ0v) is 25.3. The molecular formula is C31H51NO7S. The van der Waals surface area contributed by atoms with Crippen LogP contribution in [0.2, 0.25) is 0 Å². The van der Waals surface area contributed by atoms with Gasteiger partial charge >= 0.3 is 12.2 Å². The highest BCUT2D eigenvalue weighted by Gasteiger charge is 2.51. The number of amides is 1. The summed E-state index contributed by atoms with van der Waals surface area (Å²) in [4.78, 5) is 24.1. The molecule has 0 bridgehead atoms. The van der Waals surface area contributed by atoms with Gasteiger partial charge in [0.25, 0.3) is 0 Å². The summed E-state index contributed by atoms with van der Waals surface area (Å²) in [6.07, 6.45) is 19.2. The third-order valence-electron chi connectivity index (χ3n) is 7.30. The van der Waals surface area contributed by atoms with E-state index in [0.29, 0.717) is 12.3 Å². The van der Waals surface area contributed by atoms with Crippen LogP contribution in [-0.2, 0) is 19.3 Å². The fraction of sp³-hybridized carbons (Fsp3) is 0.742. The molecule has 9 heteroatoms. The van der Waals surface area contributed by atoms with Crippen LogP contribution in [0.4, 0.5) is 9.59 Å². The van der Waals surface area contributed by atoms with E-state index in [0.717, 1.165) is 19.3 Å². The Morgan fingerprint density at radius 2 is 1.20 bits per heavy atom. The van der Waals surface area contributed by atoms with Gasteiger partial charge in [0.15, 0.2) is 9.84 Å². The Labute approximate surface area is 241 Å². The number of ether oxygens (including phenoxy) is 3. The van der Waals surface area contributed by atoms with E-state index >= 15 is 0 Å². The lowest BCUT2D eigenvalue weighted by Crippen LogP contribution is -2.55. The quantitative estimate of drug-likeness (QED) is 0.0853. The molecule has 40 heavy (non-hydrogen) atoms. The molecule has 8 nitrogen and oxygen atoms in total. The Morgan fingerprint density at radius 3 is 1.70 bits per heavy atom. The lowest BCUT2D eigenvalue weighted by Gasteiger charge is -2.39. The summed E-state index contributed by atoms with van der Waals surface area (Å²) in [5, 5.41) is 2.73. The second-order valence-corrected chi connectivity index (χ2v) is 13.4. The first-order valence-corrected chi connectivity index (χ1v) is 17.2. The number of rotatable bonds is 22. The van der Waals surface area contributed by atoms with Crippen LogP contribution in [0.15, 0.2) is 30.3 Å². The van der Waals surface area contributed by atoms with Gasteiger partial charge in [-0.05, 0) is 18.6 Å². The molecular weight excluding hydrogens is 530 g/mol. The van der Waals surface area contributed by atoms with Gasteiger partial charge in [-0.25, -0.2) is 18.0 Å². The van der Waals surface area contributed by atoms with Crippen molar-refractivity contribution in [3.8, 4) is 5.75 Å². The number of hydrogen-bond donors (Lipinski definition) is 1. The summed E-state index contributed by atoms with van der Waals surface area (Å²) < 4.78 is 39.1.